The Bertz CT molecular complexity index is 4330. The molecule has 2 aromatic rings. The molecule has 8 aliphatic heterocycles. The number of methoxy groups -OCH3 is 3. The lowest BCUT2D eigenvalue weighted by molar-refractivity contribution is -0.318. The highest BCUT2D eigenvalue weighted by Gasteiger charge is 2.57. The van der Waals surface area contributed by atoms with Crippen molar-refractivity contribution >= 4 is 40.1 Å². The van der Waals surface area contributed by atoms with Gasteiger partial charge in [-0.25, -0.2) is 0 Å². The molecule has 31 atom stereocenters. The molecular weight excluding hydrogens is 1720 g/mol. The molecule has 0 saturated carbocycles. The summed E-state index contributed by atoms with van der Waals surface area (Å²) in [6.45, 7) is 44.7. The number of esters is 2. The van der Waals surface area contributed by atoms with Crippen molar-refractivity contribution in [2.75, 3.05) is 106 Å². The number of hydrogen-bond donors (Lipinski definition) is 14. The fraction of sp³-hybridized carbons (Fsp3) is 0.796. The SMILES string of the molecule is CC[C@@H](CO)NCCN[C@@H](CC)CO.CC[C@H]1OC(=O)[C@H](C)[C@H](OC2CC(C)(OC)C(O)C(C)O2)C(C)[C@@H](OC2OC(C)CC(N(C)C)C2O)[C@](C)(O)C[C@@H](C)[C@@H]2N[C@@H](COCCOC)OC([C@H]2C)[C@]1(C)O.CO[C@H]1/C=C\O[C@@]2(C)Oc3c(C)c(O)c4c(O)c(c5c(c4c3C2=O)=NC2(CCN(CC(C)C)CC2)N=5)NC(=O)/C(C)=C/C=C\[C@H](C)[C@H](O)[C@@H](C)[C@@H](O)[C@H](C)[C@@H](OC(C)=O)[C@@H]1C. The maximum Gasteiger partial charge on any atom is 0.312 e. The van der Waals surface area contributed by atoms with E-state index in [2.05, 4.69) is 40.0 Å². The Morgan fingerprint density at radius 1 is 0.752 bits per heavy atom. The van der Waals surface area contributed by atoms with Gasteiger partial charge in [-0.05, 0) is 120 Å². The van der Waals surface area contributed by atoms with Gasteiger partial charge in [-0.1, -0.05) is 101 Å². The summed E-state index contributed by atoms with van der Waals surface area (Å²) >= 11 is 0. The number of phenolic OH excluding ortho intramolecular Hbond substituents is 2. The third kappa shape index (κ3) is 26.5. The quantitative estimate of drug-likeness (QED) is 0.0281. The topological polar surface area (TPSA) is 470 Å². The molecule has 10 rings (SSSR count). The largest absolute Gasteiger partial charge is 0.507 e. The van der Waals surface area contributed by atoms with E-state index in [4.69, 9.17) is 81.8 Å². The summed E-state index contributed by atoms with van der Waals surface area (Å²) in [5.41, 5.74) is -4.85. The van der Waals surface area contributed by atoms with E-state index in [0.717, 1.165) is 32.5 Å². The van der Waals surface area contributed by atoms with Crippen LogP contribution in [0.3, 0.4) is 0 Å². The summed E-state index contributed by atoms with van der Waals surface area (Å²) in [6, 6.07) is -0.193. The predicted molar refractivity (Wildman–Crippen MR) is 500 cm³/mol. The zero-order chi connectivity index (χ0) is 99.2. The van der Waals surface area contributed by atoms with E-state index in [0.29, 0.717) is 51.5 Å². The molecule has 14 N–H and O–H groups in total. The number of aliphatic hydroxyl groups is 8. The van der Waals surface area contributed by atoms with Crippen molar-refractivity contribution in [3.05, 3.63) is 58.0 Å². The van der Waals surface area contributed by atoms with Crippen LogP contribution in [0, 0.1) is 60.2 Å². The Morgan fingerprint density at radius 2 is 1.38 bits per heavy atom. The van der Waals surface area contributed by atoms with Gasteiger partial charge in [0.15, 0.2) is 24.0 Å². The first-order valence-corrected chi connectivity index (χ1v) is 48.0. The van der Waals surface area contributed by atoms with Crippen molar-refractivity contribution < 1.29 is 132 Å². The molecule has 8 heterocycles. The molecule has 133 heavy (non-hydrogen) atoms. The summed E-state index contributed by atoms with van der Waals surface area (Å²) in [7, 11) is 8.37. The van der Waals surface area contributed by atoms with Crippen LogP contribution in [-0.4, -0.2) is 330 Å². The lowest BCUT2D eigenvalue weighted by Gasteiger charge is -2.52. The number of benzene rings is 2. The number of rotatable bonds is 25. The van der Waals surface area contributed by atoms with Crippen LogP contribution < -0.4 is 36.7 Å². The van der Waals surface area contributed by atoms with Crippen LogP contribution >= 0.6 is 0 Å². The molecule has 8 aliphatic rings. The van der Waals surface area contributed by atoms with Gasteiger partial charge in [-0.2, -0.15) is 0 Å². The predicted octanol–water partition coefficient (Wildman–Crippen LogP) is 6.66. The minimum atomic E-state index is -1.96. The van der Waals surface area contributed by atoms with Gasteiger partial charge < -0.3 is 138 Å². The third-order valence-corrected chi connectivity index (χ3v) is 28.8. The molecule has 35 heteroatoms. The molecular formula is C98H164N8O27. The first-order chi connectivity index (χ1) is 62.4. The second kappa shape index (κ2) is 48.7. The zero-order valence-electron chi connectivity index (χ0n) is 84.0. The summed E-state index contributed by atoms with van der Waals surface area (Å²) in [5, 5.41) is 126. The number of phenols is 2. The van der Waals surface area contributed by atoms with Crippen molar-refractivity contribution in [2.45, 2.75) is 348 Å². The van der Waals surface area contributed by atoms with Crippen LogP contribution in [0.4, 0.5) is 5.69 Å². The lowest BCUT2D eigenvalue weighted by atomic mass is 9.71. The van der Waals surface area contributed by atoms with E-state index in [1.807, 2.05) is 67.5 Å². The van der Waals surface area contributed by atoms with Gasteiger partial charge in [0.1, 0.15) is 58.8 Å². The van der Waals surface area contributed by atoms with Gasteiger partial charge in [-0.15, -0.1) is 0 Å². The molecule has 758 valence electrons. The lowest BCUT2D eigenvalue weighted by Crippen LogP contribution is -2.67. The Balaban J connectivity index is 0.000000286. The van der Waals surface area contributed by atoms with Gasteiger partial charge >= 0.3 is 17.7 Å². The van der Waals surface area contributed by atoms with Gasteiger partial charge in [-0.3, -0.25) is 34.5 Å². The van der Waals surface area contributed by atoms with Crippen molar-refractivity contribution in [3.8, 4) is 17.2 Å². The van der Waals surface area contributed by atoms with Gasteiger partial charge in [0.05, 0.1) is 122 Å². The highest BCUT2D eigenvalue weighted by atomic mass is 16.7. The number of hydrogen-bond acceptors (Lipinski definition) is 34. The van der Waals surface area contributed by atoms with Gasteiger partial charge in [0.25, 0.3) is 11.7 Å². The number of amides is 1. The molecule has 1 spiro atoms. The van der Waals surface area contributed by atoms with Crippen LogP contribution in [0.5, 0.6) is 17.2 Å². The van der Waals surface area contributed by atoms with Crippen LogP contribution in [0.1, 0.15) is 213 Å². The van der Waals surface area contributed by atoms with E-state index < -0.39 is 179 Å². The molecule has 0 radical (unpaired) electrons. The Hall–Kier alpha value is -6.08. The summed E-state index contributed by atoms with van der Waals surface area (Å²) in [4.78, 5) is 70.1. The normalized spacial score (nSPS) is 37.8. The van der Waals surface area contributed by atoms with Crippen LogP contribution in [0.2, 0.25) is 0 Å². The monoisotopic (exact) mass is 1890 g/mol. The molecule has 35 nitrogen and oxygen atoms in total. The van der Waals surface area contributed by atoms with Crippen molar-refractivity contribution in [2.24, 2.45) is 63.2 Å². The average Bonchev–Trinajstić information content (AvgIpc) is 1.54. The number of piperidine rings is 1. The van der Waals surface area contributed by atoms with Crippen LogP contribution in [0.15, 0.2) is 46.1 Å². The van der Waals surface area contributed by atoms with Gasteiger partial charge in [0.2, 0.25) is 0 Å². The number of ether oxygens (including phenoxy) is 13. The number of cyclic esters (lactones) is 1. The van der Waals surface area contributed by atoms with E-state index in [9.17, 15) is 60.0 Å². The number of nitrogens with one attached hydrogen (secondary N) is 4. The molecule has 5 saturated heterocycles. The highest BCUT2D eigenvalue weighted by molar-refractivity contribution is 6.19. The van der Waals surface area contributed by atoms with Crippen molar-refractivity contribution in [1.82, 2.24) is 25.8 Å². The Kier molecular flexibility index (Phi) is 41.1. The number of likely N-dealkylation sites (N-methyl/N-ethyl adjacent to an activating group) is 1. The first kappa shape index (κ1) is 112. The fourth-order valence-electron chi connectivity index (χ4n) is 20.4. The highest BCUT2D eigenvalue weighted by Crippen LogP contribution is 2.51. The Morgan fingerprint density at radius 3 is 1.95 bits per heavy atom. The van der Waals surface area contributed by atoms with Gasteiger partial charge in [0, 0.05) is 163 Å². The minimum Gasteiger partial charge on any atom is -0.507 e. The fourth-order valence-corrected chi connectivity index (χ4v) is 20.4. The number of fused-ring (bicyclic) bond motifs is 3. The van der Waals surface area contributed by atoms with Crippen molar-refractivity contribution in [3.63, 3.8) is 0 Å². The van der Waals surface area contributed by atoms with E-state index in [-0.39, 0.29) is 137 Å². The molecule has 6 bridgehead atoms. The number of carbonyl (C=O) groups excluding carboxylic acids is 4. The van der Waals surface area contributed by atoms with Crippen LogP contribution in [0.25, 0.3) is 10.8 Å². The average molecular weight is 1890 g/mol. The number of likely N-dealkylation sites (tertiary alicyclic amines) is 1. The number of carbonyl (C=O) groups is 4. The summed E-state index contributed by atoms with van der Waals surface area (Å²) in [6.07, 6.45) is -1.38. The number of ketones is 1. The number of nitrogens with zero attached hydrogens (tertiary/aromatic N) is 4. The molecule has 0 aliphatic carbocycles. The first-order valence-electron chi connectivity index (χ1n) is 48.0. The zero-order valence-corrected chi connectivity index (χ0v) is 84.0. The minimum absolute atomic E-state index is 0.0364. The number of aromatic hydroxyl groups is 2. The standard InChI is InChI=1S/C46H62N4O11.C42H78N2O14.C10H24N2O2/c1-22(2)21-50-18-16-46(17-19-50)48-34-31-32-39(54)28(8)42-33(31)43(56)45(10,61-42)59-20-15-30(58-11)25(5)41(60-29(9)51)27(7)38(53)26(6)37(52)23(3)13-12-14-24(4)44(57)47-36(40(32)55)35(34)49-46;1-15-29-42(10,49)37-24(4)32(43-30(56-37)21-52-17-16-50-13)22(2)19-40(8,48)36(58-39-33(45)28(44(11)12)18-23(3)53-39)25(5)34(26(6)38(47)55-29)57-31-20-41(9,51-14)35(46)27(7)54-31;1-3-9(7-13)11-5-6-12-10(4-2)8-14/h12-15,20,22-23,25-27,30,37-38,41,52-55H,16-19,21H2,1-11H3,(H,47,57);22-37,39,43,45-46,48-49H,15-21H2,1-14H3;9-14H,3-8H2,1-2H3/b13-12-,20-15-,24-14+;;/t23-,25+,26+,27-,30-,37-,38+,41-,45-;22-,23?,24+,25?,26-,27?,28?,29-,30-,31?,32+,33?,34-,35?,36-,37?,39?,40-,41?,42-;9-,10-/m010/s1. The second-order valence-electron chi connectivity index (χ2n) is 40.0. The maximum absolute atomic E-state index is 14.7. The van der Waals surface area contributed by atoms with E-state index in [1.54, 1.807) is 108 Å². The third-order valence-electron chi connectivity index (χ3n) is 28.8. The van der Waals surface area contributed by atoms with Crippen LogP contribution in [-0.2, 0) is 71.2 Å². The summed E-state index contributed by atoms with van der Waals surface area (Å²) < 4.78 is 79.7. The summed E-state index contributed by atoms with van der Waals surface area (Å²) in [5.74, 6) is -9.40. The Labute approximate surface area is 787 Å². The smallest absolute Gasteiger partial charge is 0.312 e. The molecule has 10 unspecified atom stereocenters. The molecule has 2 aromatic carbocycles. The van der Waals surface area contributed by atoms with E-state index in [1.165, 1.54) is 34.3 Å². The number of anilines is 1. The van der Waals surface area contributed by atoms with Crippen molar-refractivity contribution in [1.29, 1.82) is 0 Å². The molecule has 1 amide bonds. The number of aliphatic hydroxyl groups excluding tert-OH is 6. The molecule has 0 aromatic heterocycles. The second-order valence-corrected chi connectivity index (χ2v) is 40.0. The van der Waals surface area contributed by atoms with E-state index >= 15 is 0 Å². The number of Topliss-reactive ketones (excluding diaryl/α,β-unsaturated/α-hetero) is 1. The molecule has 5 fully saturated rings. The number of allylic oxidation sites excluding steroid dienone is 2. The maximum atomic E-state index is 14.7.